The maximum Gasteiger partial charge on any atom is 0.264 e. The third-order valence-corrected chi connectivity index (χ3v) is 3.75. The Morgan fingerprint density at radius 3 is 2.25 bits per heavy atom. The predicted molar refractivity (Wildman–Crippen MR) is 73.6 cm³/mol. The van der Waals surface area contributed by atoms with Crippen molar-refractivity contribution >= 4 is 21.7 Å². The number of aromatic nitrogens is 2. The average Bonchev–Trinajstić information content (AvgIpc) is 2.48. The summed E-state index contributed by atoms with van der Waals surface area (Å²) in [7, 11) is -2.21. The van der Waals surface area contributed by atoms with E-state index >= 15 is 0 Å². The number of nitrogens with zero attached hydrogens (tertiary/aromatic N) is 2. The van der Waals surface area contributed by atoms with Crippen molar-refractivity contribution < 1.29 is 13.2 Å². The fraction of sp³-hybridized carbons (Fsp3) is 0.0909. The van der Waals surface area contributed by atoms with Crippen LogP contribution in [0.1, 0.15) is 0 Å². The van der Waals surface area contributed by atoms with Gasteiger partial charge in [0.15, 0.2) is 0 Å². The smallest absolute Gasteiger partial charge is 0.264 e. The molecule has 1 heterocycles. The third kappa shape index (κ3) is 3.13. The molecule has 0 radical (unpaired) electrons. The lowest BCUT2D eigenvalue weighted by molar-refractivity contribution is 0.415. The van der Waals surface area contributed by atoms with E-state index in [1.165, 1.54) is 7.11 Å². The summed E-state index contributed by atoms with van der Waals surface area (Å²) in [4.78, 5) is 7.43. The zero-order valence-corrected chi connectivity index (χ0v) is 11.4. The topological polar surface area (TPSA) is 119 Å². The van der Waals surface area contributed by atoms with Crippen LogP contribution < -0.4 is 20.7 Å². The Kier molecular flexibility index (Phi) is 4.01. The summed E-state index contributed by atoms with van der Waals surface area (Å²) in [5.74, 6) is 5.87. The molecule has 2 aromatic rings. The minimum Gasteiger partial charge on any atom is -0.497 e. The molecule has 0 amide bonds. The Hall–Kier alpha value is -2.39. The first kappa shape index (κ1) is 14.0. The van der Waals surface area contributed by atoms with Gasteiger partial charge >= 0.3 is 0 Å². The molecular formula is C11H13N5O3S. The Morgan fingerprint density at radius 1 is 1.15 bits per heavy atom. The molecule has 0 aliphatic carbocycles. The first-order chi connectivity index (χ1) is 9.55. The van der Waals surface area contributed by atoms with Gasteiger partial charge in [0.1, 0.15) is 10.6 Å². The largest absolute Gasteiger partial charge is 0.497 e. The van der Waals surface area contributed by atoms with Gasteiger partial charge in [-0.3, -0.25) is 10.1 Å². The van der Waals surface area contributed by atoms with Crippen LogP contribution in [-0.2, 0) is 10.0 Å². The monoisotopic (exact) mass is 295 g/mol. The highest BCUT2D eigenvalue weighted by atomic mass is 32.2. The second kappa shape index (κ2) is 5.72. The zero-order chi connectivity index (χ0) is 14.6. The van der Waals surface area contributed by atoms with Gasteiger partial charge in [-0.1, -0.05) is 0 Å². The van der Waals surface area contributed by atoms with E-state index in [9.17, 15) is 8.42 Å². The number of rotatable bonds is 5. The van der Waals surface area contributed by atoms with Crippen LogP contribution in [0.4, 0.5) is 11.6 Å². The van der Waals surface area contributed by atoms with Gasteiger partial charge < -0.3 is 4.74 Å². The van der Waals surface area contributed by atoms with Gasteiger partial charge in [-0.05, 0) is 24.3 Å². The first-order valence-corrected chi connectivity index (χ1v) is 6.99. The van der Waals surface area contributed by atoms with Gasteiger partial charge in [0, 0.05) is 5.69 Å². The second-order valence-corrected chi connectivity index (χ2v) is 5.40. The predicted octanol–water partition coefficient (Wildman–Crippen LogP) is 0.572. The molecule has 2 rings (SSSR count). The lowest BCUT2D eigenvalue weighted by atomic mass is 10.3. The van der Waals surface area contributed by atoms with E-state index < -0.39 is 10.0 Å². The summed E-state index contributed by atoms with van der Waals surface area (Å²) in [6, 6.07) is 6.48. The van der Waals surface area contributed by atoms with Gasteiger partial charge in [0.2, 0.25) is 5.95 Å². The molecule has 106 valence electrons. The lowest BCUT2D eigenvalue weighted by Crippen LogP contribution is -2.15. The molecule has 0 spiro atoms. The van der Waals surface area contributed by atoms with Gasteiger partial charge in [-0.15, -0.1) is 0 Å². The fourth-order valence-electron chi connectivity index (χ4n) is 1.40. The van der Waals surface area contributed by atoms with E-state index in [1.54, 1.807) is 24.3 Å². The van der Waals surface area contributed by atoms with E-state index in [0.717, 1.165) is 12.4 Å². The minimum absolute atomic E-state index is 0.0627. The number of ether oxygens (including phenoxy) is 1. The number of nitrogens with one attached hydrogen (secondary N) is 2. The highest BCUT2D eigenvalue weighted by Gasteiger charge is 2.15. The average molecular weight is 295 g/mol. The van der Waals surface area contributed by atoms with Crippen molar-refractivity contribution in [3.8, 4) is 5.75 Å². The van der Waals surface area contributed by atoms with Crippen LogP contribution in [0.5, 0.6) is 5.75 Å². The summed E-state index contributed by atoms with van der Waals surface area (Å²) >= 11 is 0. The SMILES string of the molecule is COc1ccc(NS(=O)(=O)c2cnc(NN)nc2)cc1. The molecule has 0 saturated carbocycles. The number of nitrogens with two attached hydrogens (primary N) is 1. The van der Waals surface area contributed by atoms with Gasteiger partial charge in [0.25, 0.3) is 10.0 Å². The van der Waals surface area contributed by atoms with Crippen molar-refractivity contribution in [2.45, 2.75) is 4.90 Å². The van der Waals surface area contributed by atoms with Gasteiger partial charge in [0.05, 0.1) is 19.5 Å². The normalized spacial score (nSPS) is 10.9. The van der Waals surface area contributed by atoms with Crippen LogP contribution in [0.25, 0.3) is 0 Å². The summed E-state index contributed by atoms with van der Waals surface area (Å²) < 4.78 is 31.6. The van der Waals surface area contributed by atoms with E-state index in [2.05, 4.69) is 20.1 Å². The summed E-state index contributed by atoms with van der Waals surface area (Å²) in [5.41, 5.74) is 2.63. The lowest BCUT2D eigenvalue weighted by Gasteiger charge is -2.08. The number of sulfonamides is 1. The molecule has 0 unspecified atom stereocenters. The van der Waals surface area contributed by atoms with Crippen molar-refractivity contribution in [2.24, 2.45) is 5.84 Å². The van der Waals surface area contributed by atoms with Crippen LogP contribution in [0.2, 0.25) is 0 Å². The van der Waals surface area contributed by atoms with Crippen LogP contribution in [0.3, 0.4) is 0 Å². The molecular weight excluding hydrogens is 282 g/mol. The molecule has 4 N–H and O–H groups in total. The highest BCUT2D eigenvalue weighted by Crippen LogP contribution is 2.18. The molecule has 8 nitrogen and oxygen atoms in total. The molecule has 20 heavy (non-hydrogen) atoms. The zero-order valence-electron chi connectivity index (χ0n) is 10.6. The number of hydrazine groups is 1. The molecule has 1 aromatic heterocycles. The van der Waals surface area contributed by atoms with E-state index in [0.29, 0.717) is 11.4 Å². The van der Waals surface area contributed by atoms with Crippen molar-refractivity contribution in [1.82, 2.24) is 9.97 Å². The highest BCUT2D eigenvalue weighted by molar-refractivity contribution is 7.92. The van der Waals surface area contributed by atoms with Crippen LogP contribution in [0, 0.1) is 0 Å². The Balaban J connectivity index is 2.20. The summed E-state index contributed by atoms with van der Waals surface area (Å²) in [6.07, 6.45) is 2.32. The standard InChI is InChI=1S/C11H13N5O3S/c1-19-9-4-2-8(3-5-9)16-20(17,18)10-6-13-11(15-12)14-7-10/h2-7,16H,12H2,1H3,(H,13,14,15). The number of hydrogen-bond donors (Lipinski definition) is 3. The Labute approximate surface area is 116 Å². The quantitative estimate of drug-likeness (QED) is 0.545. The maximum absolute atomic E-state index is 12.1. The number of nitrogen functional groups attached to an aromatic ring is 1. The van der Waals surface area contributed by atoms with Crippen LogP contribution in [0.15, 0.2) is 41.6 Å². The van der Waals surface area contributed by atoms with Crippen LogP contribution >= 0.6 is 0 Å². The fourth-order valence-corrected chi connectivity index (χ4v) is 2.35. The Bertz CT molecular complexity index is 670. The van der Waals surface area contributed by atoms with E-state index in [4.69, 9.17) is 10.6 Å². The first-order valence-electron chi connectivity index (χ1n) is 5.50. The van der Waals surface area contributed by atoms with E-state index in [1.807, 2.05) is 0 Å². The van der Waals surface area contributed by atoms with Crippen molar-refractivity contribution in [2.75, 3.05) is 17.3 Å². The molecule has 0 fully saturated rings. The number of hydrogen-bond acceptors (Lipinski definition) is 7. The van der Waals surface area contributed by atoms with Gasteiger partial charge in [-0.25, -0.2) is 24.2 Å². The van der Waals surface area contributed by atoms with E-state index in [-0.39, 0.29) is 10.8 Å². The van der Waals surface area contributed by atoms with Crippen molar-refractivity contribution in [3.63, 3.8) is 0 Å². The molecule has 0 aliphatic rings. The second-order valence-electron chi connectivity index (χ2n) is 3.72. The maximum atomic E-state index is 12.1. The number of anilines is 2. The molecule has 1 aromatic carbocycles. The molecule has 9 heteroatoms. The van der Waals surface area contributed by atoms with Crippen LogP contribution in [-0.4, -0.2) is 25.5 Å². The van der Waals surface area contributed by atoms with Crippen molar-refractivity contribution in [3.05, 3.63) is 36.7 Å². The molecule has 0 bridgehead atoms. The number of benzene rings is 1. The third-order valence-electron chi connectivity index (χ3n) is 2.41. The number of methoxy groups -OCH3 is 1. The Morgan fingerprint density at radius 2 is 1.75 bits per heavy atom. The summed E-state index contributed by atoms with van der Waals surface area (Å²) in [6.45, 7) is 0. The molecule has 0 saturated heterocycles. The summed E-state index contributed by atoms with van der Waals surface area (Å²) in [5, 5.41) is 0. The minimum atomic E-state index is -3.74. The van der Waals surface area contributed by atoms with Gasteiger partial charge in [-0.2, -0.15) is 0 Å². The molecule has 0 atom stereocenters. The van der Waals surface area contributed by atoms with Crippen molar-refractivity contribution in [1.29, 1.82) is 0 Å². The molecule has 0 aliphatic heterocycles.